The smallest absolute Gasteiger partial charge is 0.0340 e. The first-order valence-electron chi connectivity index (χ1n) is 6.84. The van der Waals surface area contributed by atoms with Crippen LogP contribution in [0.5, 0.6) is 0 Å². The molecule has 5 atom stereocenters. The molecule has 90 valence electrons. The van der Waals surface area contributed by atoms with Crippen molar-refractivity contribution in [1.82, 2.24) is 4.90 Å². The Bertz CT molecular complexity index is 288. The molecule has 0 aromatic rings. The Balaban J connectivity index is 1.83. The molecule has 2 heterocycles. The summed E-state index contributed by atoms with van der Waals surface area (Å²) >= 11 is 6.34. The van der Waals surface area contributed by atoms with Crippen LogP contribution in [0.25, 0.3) is 0 Å². The molecule has 0 amide bonds. The maximum absolute atomic E-state index is 6.34. The first kappa shape index (κ1) is 11.0. The van der Waals surface area contributed by atoms with Crippen molar-refractivity contribution in [3.63, 3.8) is 0 Å². The van der Waals surface area contributed by atoms with Crippen LogP contribution in [-0.4, -0.2) is 22.4 Å². The average Bonchev–Trinajstić information content (AvgIpc) is 2.29. The van der Waals surface area contributed by atoms with Gasteiger partial charge in [0.1, 0.15) is 0 Å². The lowest BCUT2D eigenvalue weighted by molar-refractivity contribution is 0.0113. The molecule has 2 aliphatic heterocycles. The fourth-order valence-electron chi connectivity index (χ4n) is 4.10. The molecule has 2 heteroatoms. The van der Waals surface area contributed by atoms with Gasteiger partial charge in [-0.25, -0.2) is 0 Å². The van der Waals surface area contributed by atoms with Gasteiger partial charge in [0.15, 0.2) is 0 Å². The van der Waals surface area contributed by atoms with E-state index in [4.69, 9.17) is 11.6 Å². The second-order valence-electron chi connectivity index (χ2n) is 5.92. The molecule has 1 saturated heterocycles. The summed E-state index contributed by atoms with van der Waals surface area (Å²) in [6.07, 6.45) is 12.5. The zero-order valence-electron chi connectivity index (χ0n) is 10.1. The van der Waals surface area contributed by atoms with Crippen molar-refractivity contribution >= 4 is 11.6 Å². The van der Waals surface area contributed by atoms with Gasteiger partial charge in [-0.05, 0) is 56.6 Å². The van der Waals surface area contributed by atoms with Crippen LogP contribution >= 0.6 is 11.6 Å². The molecule has 0 spiro atoms. The van der Waals surface area contributed by atoms with Gasteiger partial charge in [0.2, 0.25) is 0 Å². The first-order valence-corrected chi connectivity index (χ1v) is 7.27. The van der Waals surface area contributed by atoms with E-state index in [0.29, 0.717) is 5.38 Å². The normalized spacial score (nSPS) is 47.4. The minimum absolute atomic E-state index is 0.439. The highest BCUT2D eigenvalue weighted by atomic mass is 35.5. The predicted octanol–water partition coefficient (Wildman–Crippen LogP) is 3.78. The van der Waals surface area contributed by atoms with Crippen molar-refractivity contribution in [1.29, 1.82) is 0 Å². The Kier molecular flexibility index (Phi) is 2.91. The van der Waals surface area contributed by atoms with E-state index in [9.17, 15) is 0 Å². The lowest BCUT2D eigenvalue weighted by Gasteiger charge is -2.53. The average molecular weight is 240 g/mol. The lowest BCUT2D eigenvalue weighted by atomic mass is 9.69. The molecule has 1 aliphatic carbocycles. The number of hydrogen-bond donors (Lipinski definition) is 0. The van der Waals surface area contributed by atoms with E-state index < -0.39 is 0 Å². The van der Waals surface area contributed by atoms with E-state index in [-0.39, 0.29) is 0 Å². The highest BCUT2D eigenvalue weighted by molar-refractivity contribution is 6.20. The number of nitrogens with zero attached hydrogens (tertiary/aromatic N) is 1. The summed E-state index contributed by atoms with van der Waals surface area (Å²) in [6, 6.07) is 1.62. The minimum atomic E-state index is 0.439. The molecular formula is C14H22ClN. The Labute approximate surface area is 104 Å². The summed E-state index contributed by atoms with van der Waals surface area (Å²) in [7, 11) is 0. The third kappa shape index (κ3) is 1.77. The van der Waals surface area contributed by atoms with Crippen molar-refractivity contribution in [2.24, 2.45) is 11.8 Å². The summed E-state index contributed by atoms with van der Waals surface area (Å²) in [6.45, 7) is 2.45. The van der Waals surface area contributed by atoms with Crippen LogP contribution in [0, 0.1) is 11.8 Å². The Hall–Kier alpha value is -0.170. The fourth-order valence-corrected chi connectivity index (χ4v) is 4.43. The maximum atomic E-state index is 6.34. The standard InChI is InChI=1S/C14H22ClN/c1-10-8-12-4-2-3-7-16(12)14-6-5-11(15)9-13(10)14/h3,7,10-14H,2,4-6,8-9H2,1H3. The number of rotatable bonds is 0. The summed E-state index contributed by atoms with van der Waals surface area (Å²) < 4.78 is 0. The molecule has 3 aliphatic rings. The first-order chi connectivity index (χ1) is 7.75. The van der Waals surface area contributed by atoms with Gasteiger partial charge < -0.3 is 4.90 Å². The van der Waals surface area contributed by atoms with E-state index in [1.54, 1.807) is 0 Å². The van der Waals surface area contributed by atoms with Gasteiger partial charge in [0, 0.05) is 17.5 Å². The van der Waals surface area contributed by atoms with Crippen LogP contribution in [0.4, 0.5) is 0 Å². The van der Waals surface area contributed by atoms with Crippen molar-refractivity contribution < 1.29 is 0 Å². The molecule has 0 aromatic carbocycles. The number of piperidine rings is 1. The number of allylic oxidation sites excluding steroid dienone is 1. The molecule has 0 bridgehead atoms. The highest BCUT2D eigenvalue weighted by Gasteiger charge is 2.42. The van der Waals surface area contributed by atoms with E-state index in [1.807, 2.05) is 0 Å². The van der Waals surface area contributed by atoms with Gasteiger partial charge in [-0.1, -0.05) is 13.0 Å². The zero-order valence-corrected chi connectivity index (χ0v) is 10.9. The SMILES string of the molecule is CC1CC2CCC=CN2C2CCC(Cl)CC12. The van der Waals surface area contributed by atoms with Crippen LogP contribution in [0.3, 0.4) is 0 Å². The maximum Gasteiger partial charge on any atom is 0.0340 e. The molecule has 0 aromatic heterocycles. The monoisotopic (exact) mass is 239 g/mol. The van der Waals surface area contributed by atoms with Crippen LogP contribution in [0.1, 0.15) is 45.4 Å². The third-order valence-electron chi connectivity index (χ3n) is 4.92. The van der Waals surface area contributed by atoms with Gasteiger partial charge in [0.25, 0.3) is 0 Å². The molecular weight excluding hydrogens is 218 g/mol. The molecule has 3 rings (SSSR count). The molecule has 0 radical (unpaired) electrons. The van der Waals surface area contributed by atoms with Crippen LogP contribution in [0.15, 0.2) is 12.3 Å². The molecule has 5 unspecified atom stereocenters. The largest absolute Gasteiger partial charge is 0.371 e. The minimum Gasteiger partial charge on any atom is -0.371 e. The third-order valence-corrected chi connectivity index (χ3v) is 5.32. The highest BCUT2D eigenvalue weighted by Crippen LogP contribution is 2.44. The van der Waals surface area contributed by atoms with E-state index in [2.05, 4.69) is 24.1 Å². The number of fused-ring (bicyclic) bond motifs is 3. The van der Waals surface area contributed by atoms with Crippen LogP contribution in [0.2, 0.25) is 0 Å². The van der Waals surface area contributed by atoms with Gasteiger partial charge in [-0.3, -0.25) is 0 Å². The summed E-state index contributed by atoms with van der Waals surface area (Å²) in [5, 5.41) is 0.439. The second kappa shape index (κ2) is 4.25. The number of hydrogen-bond acceptors (Lipinski definition) is 1. The zero-order chi connectivity index (χ0) is 11.1. The summed E-state index contributed by atoms with van der Waals surface area (Å²) in [5.74, 6) is 1.72. The van der Waals surface area contributed by atoms with E-state index in [1.165, 1.54) is 38.5 Å². The van der Waals surface area contributed by atoms with Crippen molar-refractivity contribution in [2.45, 2.75) is 62.9 Å². The van der Waals surface area contributed by atoms with E-state index >= 15 is 0 Å². The quantitative estimate of drug-likeness (QED) is 0.582. The van der Waals surface area contributed by atoms with Crippen LogP contribution in [-0.2, 0) is 0 Å². The molecule has 1 saturated carbocycles. The predicted molar refractivity (Wildman–Crippen MR) is 68.6 cm³/mol. The molecule has 16 heavy (non-hydrogen) atoms. The Morgan fingerprint density at radius 3 is 2.94 bits per heavy atom. The molecule has 0 N–H and O–H groups in total. The van der Waals surface area contributed by atoms with E-state index in [0.717, 1.165) is 23.9 Å². The topological polar surface area (TPSA) is 3.24 Å². The lowest BCUT2D eigenvalue weighted by Crippen LogP contribution is -2.54. The summed E-state index contributed by atoms with van der Waals surface area (Å²) in [5.41, 5.74) is 0. The number of alkyl halides is 1. The molecule has 1 nitrogen and oxygen atoms in total. The van der Waals surface area contributed by atoms with Gasteiger partial charge in [-0.2, -0.15) is 0 Å². The summed E-state index contributed by atoms with van der Waals surface area (Å²) in [4.78, 5) is 2.68. The second-order valence-corrected chi connectivity index (χ2v) is 6.53. The van der Waals surface area contributed by atoms with Gasteiger partial charge in [0.05, 0.1) is 0 Å². The van der Waals surface area contributed by atoms with Crippen molar-refractivity contribution in [3.8, 4) is 0 Å². The number of halogens is 1. The Morgan fingerprint density at radius 2 is 2.06 bits per heavy atom. The van der Waals surface area contributed by atoms with Crippen molar-refractivity contribution in [2.75, 3.05) is 0 Å². The van der Waals surface area contributed by atoms with Gasteiger partial charge in [-0.15, -0.1) is 11.6 Å². The molecule has 2 fully saturated rings. The fraction of sp³-hybridized carbons (Fsp3) is 0.857. The van der Waals surface area contributed by atoms with Gasteiger partial charge >= 0.3 is 0 Å². The van der Waals surface area contributed by atoms with Crippen molar-refractivity contribution in [3.05, 3.63) is 12.3 Å². The van der Waals surface area contributed by atoms with Crippen LogP contribution < -0.4 is 0 Å². The Morgan fingerprint density at radius 1 is 1.19 bits per heavy atom.